The molecule has 1 saturated carbocycles. The normalized spacial score (nSPS) is 27.8. The summed E-state index contributed by atoms with van der Waals surface area (Å²) < 4.78 is 42.2. The Balaban J connectivity index is 1.61. The molecule has 2 heterocycles. The molecule has 1 saturated heterocycles. The number of sulfone groups is 1. The highest BCUT2D eigenvalue weighted by Crippen LogP contribution is 2.34. The molecule has 2 unspecified atom stereocenters. The number of alkyl halides is 1. The fourth-order valence-corrected chi connectivity index (χ4v) is 5.09. The Hall–Kier alpha value is -0.980. The van der Waals surface area contributed by atoms with Crippen LogP contribution < -0.4 is 0 Å². The van der Waals surface area contributed by atoms with Crippen molar-refractivity contribution in [2.75, 3.05) is 11.5 Å². The third kappa shape index (κ3) is 3.62. The zero-order chi connectivity index (χ0) is 14.9. The van der Waals surface area contributed by atoms with Crippen molar-refractivity contribution in [1.82, 2.24) is 10.1 Å². The number of rotatable bonds is 4. The summed E-state index contributed by atoms with van der Waals surface area (Å²) in [6.07, 6.45) is 5.44. The van der Waals surface area contributed by atoms with Gasteiger partial charge in [-0.05, 0) is 18.8 Å². The van der Waals surface area contributed by atoms with Crippen LogP contribution in [0.4, 0.5) is 4.39 Å². The summed E-state index contributed by atoms with van der Waals surface area (Å²) in [5.41, 5.74) is 0. The Bertz CT molecular complexity index is 581. The van der Waals surface area contributed by atoms with Gasteiger partial charge in [-0.3, -0.25) is 0 Å². The lowest BCUT2D eigenvalue weighted by atomic mass is 9.86. The highest BCUT2D eigenvalue weighted by molar-refractivity contribution is 7.91. The second-order valence-electron chi connectivity index (χ2n) is 6.30. The van der Waals surface area contributed by atoms with Crippen molar-refractivity contribution in [2.45, 2.75) is 57.0 Å². The average molecular weight is 316 g/mol. The molecule has 3 rings (SSSR count). The molecular formula is C14H21FN2O3S. The van der Waals surface area contributed by atoms with Gasteiger partial charge < -0.3 is 4.52 Å². The first-order valence-electron chi connectivity index (χ1n) is 7.71. The summed E-state index contributed by atoms with van der Waals surface area (Å²) in [5.74, 6) is 0.719. The van der Waals surface area contributed by atoms with E-state index >= 15 is 0 Å². The molecule has 118 valence electrons. The molecule has 2 aliphatic rings. The van der Waals surface area contributed by atoms with Crippen molar-refractivity contribution in [3.63, 3.8) is 0 Å². The fraction of sp³-hybridized carbons (Fsp3) is 0.857. The van der Waals surface area contributed by atoms with Gasteiger partial charge in [0.05, 0.1) is 11.5 Å². The summed E-state index contributed by atoms with van der Waals surface area (Å²) in [4.78, 5) is 4.11. The highest BCUT2D eigenvalue weighted by atomic mass is 32.2. The predicted molar refractivity (Wildman–Crippen MR) is 75.4 cm³/mol. The van der Waals surface area contributed by atoms with E-state index in [1.165, 1.54) is 19.3 Å². The summed E-state index contributed by atoms with van der Waals surface area (Å²) in [7, 11) is -2.99. The largest absolute Gasteiger partial charge is 0.336 e. The summed E-state index contributed by atoms with van der Waals surface area (Å²) in [6, 6.07) is 0. The maximum Gasteiger partial charge on any atom is 0.261 e. The monoisotopic (exact) mass is 316 g/mol. The van der Waals surface area contributed by atoms with Gasteiger partial charge in [0, 0.05) is 5.92 Å². The average Bonchev–Trinajstić information content (AvgIpc) is 3.06. The smallest absolute Gasteiger partial charge is 0.261 e. The summed E-state index contributed by atoms with van der Waals surface area (Å²) >= 11 is 0. The molecule has 7 heteroatoms. The van der Waals surface area contributed by atoms with E-state index in [0.29, 0.717) is 24.6 Å². The van der Waals surface area contributed by atoms with Crippen LogP contribution in [0.2, 0.25) is 0 Å². The standard InChI is InChI=1S/C14H21FN2O3S/c15-12(8-10-4-2-1-3-5-10)14-16-13(17-20-14)11-6-7-21(18,19)9-11/h10-12H,1-9H2. The molecule has 0 aromatic carbocycles. The van der Waals surface area contributed by atoms with Crippen LogP contribution in [-0.4, -0.2) is 30.1 Å². The molecule has 1 aliphatic heterocycles. The minimum atomic E-state index is -2.99. The molecule has 1 aliphatic carbocycles. The van der Waals surface area contributed by atoms with Gasteiger partial charge in [0.1, 0.15) is 0 Å². The van der Waals surface area contributed by atoms with E-state index < -0.39 is 16.0 Å². The zero-order valence-corrected chi connectivity index (χ0v) is 12.8. The van der Waals surface area contributed by atoms with Crippen molar-refractivity contribution in [2.24, 2.45) is 5.92 Å². The first-order valence-corrected chi connectivity index (χ1v) is 9.53. The van der Waals surface area contributed by atoms with Gasteiger partial charge in [-0.1, -0.05) is 37.3 Å². The maximum atomic E-state index is 14.3. The maximum absolute atomic E-state index is 14.3. The lowest BCUT2D eigenvalue weighted by Crippen LogP contribution is -2.09. The number of aromatic nitrogens is 2. The molecule has 21 heavy (non-hydrogen) atoms. The lowest BCUT2D eigenvalue weighted by molar-refractivity contribution is 0.188. The Morgan fingerprint density at radius 2 is 2.00 bits per heavy atom. The van der Waals surface area contributed by atoms with E-state index in [9.17, 15) is 12.8 Å². The third-order valence-electron chi connectivity index (χ3n) is 4.59. The van der Waals surface area contributed by atoms with Gasteiger partial charge >= 0.3 is 0 Å². The highest BCUT2D eigenvalue weighted by Gasteiger charge is 2.33. The van der Waals surface area contributed by atoms with Crippen molar-refractivity contribution < 1.29 is 17.3 Å². The van der Waals surface area contributed by atoms with Gasteiger partial charge in [-0.2, -0.15) is 4.98 Å². The second kappa shape index (κ2) is 6.02. The van der Waals surface area contributed by atoms with Gasteiger partial charge in [0.15, 0.2) is 21.8 Å². The minimum Gasteiger partial charge on any atom is -0.336 e. The second-order valence-corrected chi connectivity index (χ2v) is 8.53. The number of nitrogens with zero attached hydrogens (tertiary/aromatic N) is 2. The Kier molecular flexibility index (Phi) is 4.28. The van der Waals surface area contributed by atoms with Crippen molar-refractivity contribution in [3.8, 4) is 0 Å². The fourth-order valence-electron chi connectivity index (χ4n) is 3.36. The first kappa shape index (κ1) is 14.9. The van der Waals surface area contributed by atoms with E-state index in [1.807, 2.05) is 0 Å². The van der Waals surface area contributed by atoms with Crippen molar-refractivity contribution in [1.29, 1.82) is 0 Å². The molecule has 0 amide bonds. The van der Waals surface area contributed by atoms with Crippen LogP contribution in [-0.2, 0) is 9.84 Å². The van der Waals surface area contributed by atoms with Gasteiger partial charge in [0.2, 0.25) is 0 Å². The van der Waals surface area contributed by atoms with E-state index in [4.69, 9.17) is 4.52 Å². The molecule has 0 bridgehead atoms. The van der Waals surface area contributed by atoms with Crippen molar-refractivity contribution in [3.05, 3.63) is 11.7 Å². The van der Waals surface area contributed by atoms with Gasteiger partial charge in [-0.15, -0.1) is 0 Å². The summed E-state index contributed by atoms with van der Waals surface area (Å²) in [5, 5.41) is 3.79. The molecule has 1 aromatic rings. The minimum absolute atomic E-state index is 0.0138. The molecule has 0 N–H and O–H groups in total. The third-order valence-corrected chi connectivity index (χ3v) is 6.36. The van der Waals surface area contributed by atoms with Crippen LogP contribution in [0.15, 0.2) is 4.52 Å². The first-order chi connectivity index (χ1) is 10.0. The van der Waals surface area contributed by atoms with Crippen LogP contribution in [0.5, 0.6) is 0 Å². The van der Waals surface area contributed by atoms with Crippen LogP contribution in [0.3, 0.4) is 0 Å². The predicted octanol–water partition coefficient (Wildman–Crippen LogP) is 2.95. The lowest BCUT2D eigenvalue weighted by Gasteiger charge is -2.21. The molecule has 0 radical (unpaired) electrons. The van der Waals surface area contributed by atoms with Gasteiger partial charge in [0.25, 0.3) is 5.89 Å². The van der Waals surface area contributed by atoms with Crippen LogP contribution in [0.25, 0.3) is 0 Å². The quantitative estimate of drug-likeness (QED) is 0.854. The van der Waals surface area contributed by atoms with Gasteiger partial charge in [-0.25, -0.2) is 12.8 Å². The van der Waals surface area contributed by atoms with E-state index in [0.717, 1.165) is 12.8 Å². The molecule has 2 atom stereocenters. The molecule has 0 spiro atoms. The van der Waals surface area contributed by atoms with Crippen LogP contribution in [0.1, 0.15) is 68.8 Å². The Morgan fingerprint density at radius 3 is 2.67 bits per heavy atom. The van der Waals surface area contributed by atoms with E-state index in [2.05, 4.69) is 10.1 Å². The van der Waals surface area contributed by atoms with Crippen LogP contribution in [0, 0.1) is 5.92 Å². The number of halogens is 1. The number of hydrogen-bond acceptors (Lipinski definition) is 5. The molecule has 2 fully saturated rings. The van der Waals surface area contributed by atoms with E-state index in [-0.39, 0.29) is 23.3 Å². The van der Waals surface area contributed by atoms with Crippen molar-refractivity contribution >= 4 is 9.84 Å². The summed E-state index contributed by atoms with van der Waals surface area (Å²) in [6.45, 7) is 0. The van der Waals surface area contributed by atoms with E-state index in [1.54, 1.807) is 0 Å². The SMILES string of the molecule is O=S1(=O)CCC(c2noc(C(F)CC3CCCCC3)n2)C1. The molecule has 5 nitrogen and oxygen atoms in total. The Labute approximate surface area is 124 Å². The number of hydrogen-bond donors (Lipinski definition) is 0. The zero-order valence-electron chi connectivity index (χ0n) is 12.0. The molecule has 1 aromatic heterocycles. The Morgan fingerprint density at radius 1 is 1.24 bits per heavy atom. The topological polar surface area (TPSA) is 73.1 Å². The molecular weight excluding hydrogens is 295 g/mol. The van der Waals surface area contributed by atoms with Crippen LogP contribution >= 0.6 is 0 Å².